The lowest BCUT2D eigenvalue weighted by Gasteiger charge is -2.18. The van der Waals surface area contributed by atoms with Crippen molar-refractivity contribution in [1.29, 1.82) is 0 Å². The number of ether oxygens (including phenoxy) is 1. The van der Waals surface area contributed by atoms with Gasteiger partial charge in [0.15, 0.2) is 0 Å². The summed E-state index contributed by atoms with van der Waals surface area (Å²) in [7, 11) is 1.49. The lowest BCUT2D eigenvalue weighted by molar-refractivity contribution is -0.157. The molecular formula is C14H15F3N2O3. The molecule has 2 amide bonds. The summed E-state index contributed by atoms with van der Waals surface area (Å²) in [4.78, 5) is 24.2. The van der Waals surface area contributed by atoms with Crippen LogP contribution in [-0.4, -0.2) is 49.1 Å². The van der Waals surface area contributed by atoms with E-state index in [2.05, 4.69) is 5.32 Å². The highest BCUT2D eigenvalue weighted by Gasteiger charge is 2.38. The summed E-state index contributed by atoms with van der Waals surface area (Å²) < 4.78 is 41.9. The number of rotatable bonds is 4. The summed E-state index contributed by atoms with van der Waals surface area (Å²) in [5.74, 6) is -0.462. The van der Waals surface area contributed by atoms with Crippen LogP contribution in [0.25, 0.3) is 0 Å². The van der Waals surface area contributed by atoms with Gasteiger partial charge >= 0.3 is 6.18 Å². The third-order valence-electron chi connectivity index (χ3n) is 3.27. The largest absolute Gasteiger partial charge is 0.497 e. The van der Waals surface area contributed by atoms with Gasteiger partial charge in [-0.3, -0.25) is 9.59 Å². The molecule has 1 aliphatic heterocycles. The fourth-order valence-corrected chi connectivity index (χ4v) is 2.25. The summed E-state index contributed by atoms with van der Waals surface area (Å²) in [5, 5.41) is 2.57. The van der Waals surface area contributed by atoms with Crippen molar-refractivity contribution in [3.05, 3.63) is 29.8 Å². The van der Waals surface area contributed by atoms with Crippen molar-refractivity contribution in [3.8, 4) is 5.75 Å². The first-order valence-corrected chi connectivity index (χ1v) is 6.58. The summed E-state index contributed by atoms with van der Waals surface area (Å²) in [6, 6.07) is 5.66. The van der Waals surface area contributed by atoms with E-state index in [1.165, 1.54) is 7.11 Å². The molecule has 1 saturated heterocycles. The minimum absolute atomic E-state index is 0.127. The second kappa shape index (κ2) is 6.25. The Labute approximate surface area is 125 Å². The lowest BCUT2D eigenvalue weighted by atomic mass is 10.2. The van der Waals surface area contributed by atoms with Crippen LogP contribution in [0.15, 0.2) is 24.3 Å². The highest BCUT2D eigenvalue weighted by Crippen LogP contribution is 2.21. The molecule has 0 aromatic heterocycles. The van der Waals surface area contributed by atoms with Crippen molar-refractivity contribution in [2.45, 2.75) is 18.6 Å². The highest BCUT2D eigenvalue weighted by atomic mass is 19.4. The van der Waals surface area contributed by atoms with Gasteiger partial charge in [-0.1, -0.05) is 0 Å². The molecule has 1 heterocycles. The third kappa shape index (κ3) is 4.12. The van der Waals surface area contributed by atoms with Crippen LogP contribution in [-0.2, 0) is 4.79 Å². The molecule has 0 saturated carbocycles. The zero-order valence-electron chi connectivity index (χ0n) is 11.8. The number of alkyl halides is 3. The van der Waals surface area contributed by atoms with Gasteiger partial charge in [0, 0.05) is 18.5 Å². The second-order valence-corrected chi connectivity index (χ2v) is 4.99. The first-order chi connectivity index (χ1) is 10.3. The monoisotopic (exact) mass is 316 g/mol. The Morgan fingerprint density at radius 2 is 2.00 bits per heavy atom. The highest BCUT2D eigenvalue weighted by molar-refractivity contribution is 5.95. The van der Waals surface area contributed by atoms with Crippen LogP contribution in [0.3, 0.4) is 0 Å². The summed E-state index contributed by atoms with van der Waals surface area (Å²) >= 11 is 0. The number of likely N-dealkylation sites (tertiary alicyclic amines) is 1. The maximum atomic E-state index is 12.3. The average molecular weight is 316 g/mol. The SMILES string of the molecule is COc1ccc(C(=O)N[C@@H]2CC(=O)N(CC(F)(F)F)C2)cc1. The smallest absolute Gasteiger partial charge is 0.406 e. The molecule has 1 aromatic carbocycles. The molecule has 1 fully saturated rings. The number of nitrogens with one attached hydrogen (secondary N) is 1. The Hall–Kier alpha value is -2.25. The van der Waals surface area contributed by atoms with Crippen LogP contribution < -0.4 is 10.1 Å². The second-order valence-electron chi connectivity index (χ2n) is 4.99. The van der Waals surface area contributed by atoms with Gasteiger partial charge in [0.2, 0.25) is 5.91 Å². The Morgan fingerprint density at radius 1 is 1.36 bits per heavy atom. The molecule has 1 N–H and O–H groups in total. The van der Waals surface area contributed by atoms with E-state index in [9.17, 15) is 22.8 Å². The first kappa shape index (κ1) is 16.1. The molecule has 1 atom stereocenters. The molecule has 22 heavy (non-hydrogen) atoms. The molecule has 1 aliphatic rings. The predicted molar refractivity (Wildman–Crippen MR) is 71.5 cm³/mol. The van der Waals surface area contributed by atoms with Crippen LogP contribution in [0.4, 0.5) is 13.2 Å². The van der Waals surface area contributed by atoms with E-state index in [0.717, 1.165) is 0 Å². The van der Waals surface area contributed by atoms with Crippen LogP contribution in [0.1, 0.15) is 16.8 Å². The minimum Gasteiger partial charge on any atom is -0.497 e. The van der Waals surface area contributed by atoms with Crippen LogP contribution in [0.2, 0.25) is 0 Å². The van der Waals surface area contributed by atoms with Gasteiger partial charge in [-0.25, -0.2) is 0 Å². The molecule has 0 spiro atoms. The van der Waals surface area contributed by atoms with Crippen LogP contribution in [0.5, 0.6) is 5.75 Å². The number of nitrogens with zero attached hydrogens (tertiary/aromatic N) is 1. The van der Waals surface area contributed by atoms with Crippen molar-refractivity contribution in [2.24, 2.45) is 0 Å². The van der Waals surface area contributed by atoms with E-state index in [4.69, 9.17) is 4.74 Å². The summed E-state index contributed by atoms with van der Waals surface area (Å²) in [6.45, 7) is -1.43. The zero-order chi connectivity index (χ0) is 16.3. The van der Waals surface area contributed by atoms with Crippen LogP contribution >= 0.6 is 0 Å². The summed E-state index contributed by atoms with van der Waals surface area (Å²) in [6.07, 6.45) is -4.57. The van der Waals surface area contributed by atoms with Crippen molar-refractivity contribution >= 4 is 11.8 Å². The summed E-state index contributed by atoms with van der Waals surface area (Å²) in [5.41, 5.74) is 0.350. The Kier molecular flexibility index (Phi) is 4.58. The van der Waals surface area contributed by atoms with Gasteiger partial charge in [-0.15, -0.1) is 0 Å². The van der Waals surface area contributed by atoms with E-state index in [1.807, 2.05) is 0 Å². The lowest BCUT2D eigenvalue weighted by Crippen LogP contribution is -2.39. The van der Waals surface area contributed by atoms with Gasteiger partial charge in [0.05, 0.1) is 13.2 Å². The minimum atomic E-state index is -4.44. The van der Waals surface area contributed by atoms with Gasteiger partial charge in [-0.05, 0) is 24.3 Å². The van der Waals surface area contributed by atoms with Gasteiger partial charge in [-0.2, -0.15) is 13.2 Å². The van der Waals surface area contributed by atoms with Gasteiger partial charge < -0.3 is 15.0 Å². The molecular weight excluding hydrogens is 301 g/mol. The first-order valence-electron chi connectivity index (χ1n) is 6.58. The van der Waals surface area contributed by atoms with E-state index < -0.39 is 30.6 Å². The maximum Gasteiger partial charge on any atom is 0.406 e. The van der Waals surface area contributed by atoms with E-state index in [-0.39, 0.29) is 13.0 Å². The number of amides is 2. The number of carbonyl (C=O) groups excluding carboxylic acids is 2. The van der Waals surface area contributed by atoms with Gasteiger partial charge in [0.1, 0.15) is 12.3 Å². The molecule has 8 heteroatoms. The molecule has 2 rings (SSSR count). The topological polar surface area (TPSA) is 58.6 Å². The fraction of sp³-hybridized carbons (Fsp3) is 0.429. The predicted octanol–water partition coefficient (Wildman–Crippen LogP) is 1.59. The molecule has 0 aliphatic carbocycles. The Balaban J connectivity index is 1.93. The number of halogens is 3. The molecule has 0 unspecified atom stereocenters. The van der Waals surface area contributed by atoms with Crippen molar-refractivity contribution in [3.63, 3.8) is 0 Å². The van der Waals surface area contributed by atoms with E-state index >= 15 is 0 Å². The molecule has 120 valence electrons. The molecule has 5 nitrogen and oxygen atoms in total. The number of hydrogen-bond donors (Lipinski definition) is 1. The number of benzene rings is 1. The van der Waals surface area contributed by atoms with Crippen molar-refractivity contribution in [1.82, 2.24) is 10.2 Å². The number of carbonyl (C=O) groups is 2. The van der Waals surface area contributed by atoms with E-state index in [1.54, 1.807) is 24.3 Å². The van der Waals surface area contributed by atoms with Gasteiger partial charge in [0.25, 0.3) is 5.91 Å². The Bertz CT molecular complexity index is 557. The third-order valence-corrected chi connectivity index (χ3v) is 3.27. The van der Waals surface area contributed by atoms with Crippen LogP contribution in [0, 0.1) is 0 Å². The molecule has 0 bridgehead atoms. The molecule has 1 aromatic rings. The molecule has 0 radical (unpaired) electrons. The number of methoxy groups -OCH3 is 1. The van der Waals surface area contributed by atoms with Crippen molar-refractivity contribution in [2.75, 3.05) is 20.2 Å². The van der Waals surface area contributed by atoms with E-state index in [0.29, 0.717) is 16.2 Å². The maximum absolute atomic E-state index is 12.3. The average Bonchev–Trinajstić information content (AvgIpc) is 2.76. The number of hydrogen-bond acceptors (Lipinski definition) is 3. The Morgan fingerprint density at radius 3 is 2.55 bits per heavy atom. The standard InChI is InChI=1S/C14H15F3N2O3/c1-22-11-4-2-9(3-5-11)13(21)18-10-6-12(20)19(7-10)8-14(15,16)17/h2-5,10H,6-8H2,1H3,(H,18,21)/t10-/m1/s1. The van der Waals surface area contributed by atoms with Crippen molar-refractivity contribution < 1.29 is 27.5 Å². The fourth-order valence-electron chi connectivity index (χ4n) is 2.25. The zero-order valence-corrected chi connectivity index (χ0v) is 11.8. The normalized spacial score (nSPS) is 18.5. The quantitative estimate of drug-likeness (QED) is 0.918.